The number of carboxylic acid groups (broad SMARTS) is 1. The number of methoxy groups -OCH3 is 1. The number of benzene rings is 1. The van der Waals surface area contributed by atoms with Gasteiger partial charge in [0.15, 0.2) is 0 Å². The summed E-state index contributed by atoms with van der Waals surface area (Å²) in [6.45, 7) is 0. The predicted octanol–water partition coefficient (Wildman–Crippen LogP) is 0.621. The maximum atomic E-state index is 12.0. The van der Waals surface area contributed by atoms with Gasteiger partial charge in [-0.25, -0.2) is 4.79 Å². The van der Waals surface area contributed by atoms with Crippen molar-refractivity contribution in [3.63, 3.8) is 0 Å². The topological polar surface area (TPSA) is 145 Å². The van der Waals surface area contributed by atoms with Crippen molar-refractivity contribution in [2.45, 2.75) is 18.5 Å². The third-order valence-electron chi connectivity index (χ3n) is 3.09. The highest BCUT2D eigenvalue weighted by Gasteiger charge is 2.21. The molecule has 0 fully saturated rings. The van der Waals surface area contributed by atoms with Crippen LogP contribution in [0.3, 0.4) is 0 Å². The Morgan fingerprint density at radius 3 is 2.27 bits per heavy atom. The fraction of sp³-hybridized carbons (Fsp3) is 0.438. The van der Waals surface area contributed by atoms with E-state index in [4.69, 9.17) is 16.6 Å². The van der Waals surface area contributed by atoms with Gasteiger partial charge in [-0.1, -0.05) is 0 Å². The van der Waals surface area contributed by atoms with Crippen molar-refractivity contribution < 1.29 is 24.2 Å². The number of nitrogen functional groups attached to an aromatic ring is 1. The lowest BCUT2D eigenvalue weighted by atomic mass is 10.1. The molecule has 0 unspecified atom stereocenters. The quantitative estimate of drug-likeness (QED) is 0.241. The van der Waals surface area contributed by atoms with Crippen LogP contribution < -0.4 is 16.8 Å². The summed E-state index contributed by atoms with van der Waals surface area (Å²) in [6, 6.07) is 5.08. The van der Waals surface area contributed by atoms with Crippen molar-refractivity contribution >= 4 is 47.9 Å². The van der Waals surface area contributed by atoms with Crippen molar-refractivity contribution in [3.8, 4) is 0 Å². The normalized spacial score (nSPS) is 12.2. The summed E-state index contributed by atoms with van der Waals surface area (Å²) in [4.78, 5) is 33.3. The van der Waals surface area contributed by atoms with Gasteiger partial charge in [-0.3, -0.25) is 9.59 Å². The average molecular weight is 404 g/mol. The molecule has 0 spiro atoms. The molecule has 0 aliphatic rings. The van der Waals surface area contributed by atoms with Crippen molar-refractivity contribution in [2.75, 3.05) is 30.6 Å². The highest BCUT2D eigenvalue weighted by molar-refractivity contribution is 7.98. The van der Waals surface area contributed by atoms with Crippen LogP contribution in [0.2, 0.25) is 0 Å². The molecule has 0 radical (unpaired) electrons. The summed E-state index contributed by atoms with van der Waals surface area (Å²) < 4.78 is 4.68. The molecule has 1 amide bonds. The van der Waals surface area contributed by atoms with Crippen molar-refractivity contribution in [3.05, 3.63) is 29.8 Å². The monoisotopic (exact) mass is 403 g/mol. The van der Waals surface area contributed by atoms with Crippen LogP contribution in [-0.2, 0) is 14.3 Å². The molecule has 0 aromatic heterocycles. The number of thioether (sulfide) groups is 1. The first-order valence-electron chi connectivity index (χ1n) is 7.59. The maximum absolute atomic E-state index is 12.0. The number of thiol groups is 1. The first kappa shape index (κ1) is 24.1. The zero-order valence-electron chi connectivity index (χ0n) is 14.7. The van der Waals surface area contributed by atoms with Crippen LogP contribution in [0.1, 0.15) is 16.8 Å². The van der Waals surface area contributed by atoms with Gasteiger partial charge in [0, 0.05) is 17.0 Å². The molecule has 1 rings (SSSR count). The van der Waals surface area contributed by atoms with Crippen LogP contribution in [0.25, 0.3) is 0 Å². The van der Waals surface area contributed by atoms with Gasteiger partial charge in [-0.2, -0.15) is 24.4 Å². The molecule has 1 aromatic carbocycles. The number of aliphatic carboxylic acids is 1. The molecule has 0 saturated carbocycles. The summed E-state index contributed by atoms with van der Waals surface area (Å²) in [5, 5.41) is 10.7. The molecule has 0 heterocycles. The molecular formula is C16H25N3O5S2. The predicted molar refractivity (Wildman–Crippen MR) is 107 cm³/mol. The number of rotatable bonds is 8. The Labute approximate surface area is 162 Å². The number of anilines is 1. The molecule has 1 aromatic rings. The fourth-order valence-corrected chi connectivity index (χ4v) is 2.21. The van der Waals surface area contributed by atoms with E-state index in [9.17, 15) is 14.4 Å². The number of ether oxygens (including phenoxy) is 1. The van der Waals surface area contributed by atoms with Gasteiger partial charge in [-0.15, -0.1) is 0 Å². The molecule has 2 atom stereocenters. The third kappa shape index (κ3) is 9.54. The Bertz CT molecular complexity index is 584. The number of hydrogen-bond acceptors (Lipinski definition) is 8. The van der Waals surface area contributed by atoms with E-state index >= 15 is 0 Å². The van der Waals surface area contributed by atoms with Crippen molar-refractivity contribution in [1.29, 1.82) is 0 Å². The largest absolute Gasteiger partial charge is 0.480 e. The Morgan fingerprint density at radius 2 is 1.88 bits per heavy atom. The van der Waals surface area contributed by atoms with Crippen LogP contribution in [-0.4, -0.2) is 59.9 Å². The summed E-state index contributed by atoms with van der Waals surface area (Å²) in [7, 11) is 1.31. The van der Waals surface area contributed by atoms with Crippen LogP contribution in [0, 0.1) is 0 Å². The zero-order valence-corrected chi connectivity index (χ0v) is 16.4. The van der Waals surface area contributed by atoms with Gasteiger partial charge < -0.3 is 26.6 Å². The number of carbonyl (C=O) groups is 3. The molecular weight excluding hydrogens is 378 g/mol. The Morgan fingerprint density at radius 1 is 1.31 bits per heavy atom. The SMILES string of the molecule is COC(=O)[C@H](CCSC)NC(=O)c1ccc(N)cc1.N[C@@H](CS)C(=O)O. The number of nitrogens with two attached hydrogens (primary N) is 2. The van der Waals surface area contributed by atoms with Crippen molar-refractivity contribution in [1.82, 2.24) is 5.32 Å². The maximum Gasteiger partial charge on any atom is 0.328 e. The van der Waals surface area contributed by atoms with E-state index in [1.165, 1.54) is 7.11 Å². The lowest BCUT2D eigenvalue weighted by Crippen LogP contribution is -2.41. The molecule has 0 aliphatic heterocycles. The second-order valence-electron chi connectivity index (χ2n) is 5.08. The van der Waals surface area contributed by atoms with E-state index < -0.39 is 24.0 Å². The molecule has 0 aliphatic carbocycles. The third-order valence-corrected chi connectivity index (χ3v) is 4.13. The Kier molecular flexibility index (Phi) is 12.3. The van der Waals surface area contributed by atoms with Crippen LogP contribution >= 0.6 is 24.4 Å². The van der Waals surface area contributed by atoms with Gasteiger partial charge in [0.1, 0.15) is 12.1 Å². The van der Waals surface area contributed by atoms with Gasteiger partial charge in [0.2, 0.25) is 0 Å². The van der Waals surface area contributed by atoms with Crippen LogP contribution in [0.4, 0.5) is 5.69 Å². The number of hydrogen-bond donors (Lipinski definition) is 5. The van der Waals surface area contributed by atoms with Gasteiger partial charge >= 0.3 is 11.9 Å². The average Bonchev–Trinajstić information content (AvgIpc) is 2.64. The number of carboxylic acids is 1. The van der Waals surface area contributed by atoms with Gasteiger partial charge in [0.05, 0.1) is 7.11 Å². The summed E-state index contributed by atoms with van der Waals surface area (Å²) in [5.74, 6) is -0.790. The molecule has 10 heteroatoms. The number of esters is 1. The Balaban J connectivity index is 0.000000758. The molecule has 26 heavy (non-hydrogen) atoms. The number of carbonyl (C=O) groups excluding carboxylic acids is 2. The van der Waals surface area contributed by atoms with E-state index in [0.717, 1.165) is 5.75 Å². The highest BCUT2D eigenvalue weighted by atomic mass is 32.2. The summed E-state index contributed by atoms with van der Waals surface area (Å²) >= 11 is 5.26. The van der Waals surface area contributed by atoms with E-state index in [2.05, 4.69) is 22.7 Å². The number of amides is 1. The molecule has 8 nitrogen and oxygen atoms in total. The Hall–Kier alpha value is -1.91. The molecule has 6 N–H and O–H groups in total. The van der Waals surface area contributed by atoms with E-state index in [1.54, 1.807) is 36.0 Å². The standard InChI is InChI=1S/C13H18N2O3S.C3H7NO2S/c1-18-13(17)11(7-8-19-2)15-12(16)9-3-5-10(14)6-4-9;4-2(1-7)3(5)6/h3-6,11H,7-8,14H2,1-2H3,(H,15,16);2,7H,1,4H2,(H,5,6)/t11-;2-/m00/s1. The van der Waals surface area contributed by atoms with E-state index in [0.29, 0.717) is 17.7 Å². The summed E-state index contributed by atoms with van der Waals surface area (Å²) in [5.41, 5.74) is 11.5. The first-order valence-corrected chi connectivity index (χ1v) is 9.61. The van der Waals surface area contributed by atoms with Gasteiger partial charge in [-0.05, 0) is 42.7 Å². The number of nitrogens with one attached hydrogen (secondary N) is 1. The lowest BCUT2D eigenvalue weighted by Gasteiger charge is -2.16. The lowest BCUT2D eigenvalue weighted by molar-refractivity contribution is -0.143. The summed E-state index contributed by atoms with van der Waals surface area (Å²) in [6.07, 6.45) is 2.48. The molecule has 0 saturated heterocycles. The second kappa shape index (κ2) is 13.3. The van der Waals surface area contributed by atoms with E-state index in [1.807, 2.05) is 6.26 Å². The van der Waals surface area contributed by atoms with Gasteiger partial charge in [0.25, 0.3) is 5.91 Å². The minimum absolute atomic E-state index is 0.190. The molecule has 0 bridgehead atoms. The smallest absolute Gasteiger partial charge is 0.328 e. The minimum Gasteiger partial charge on any atom is -0.480 e. The fourth-order valence-electron chi connectivity index (χ4n) is 1.58. The highest BCUT2D eigenvalue weighted by Crippen LogP contribution is 2.07. The minimum atomic E-state index is -1.00. The first-order chi connectivity index (χ1) is 12.3. The van der Waals surface area contributed by atoms with E-state index in [-0.39, 0.29) is 11.7 Å². The van der Waals surface area contributed by atoms with Crippen LogP contribution in [0.15, 0.2) is 24.3 Å². The van der Waals surface area contributed by atoms with Crippen LogP contribution in [0.5, 0.6) is 0 Å². The zero-order chi connectivity index (χ0) is 20.1. The van der Waals surface area contributed by atoms with Crippen molar-refractivity contribution in [2.24, 2.45) is 5.73 Å². The molecule has 146 valence electrons. The second-order valence-corrected chi connectivity index (χ2v) is 6.43.